The molecule has 0 bridgehead atoms. The molecule has 2 aromatic carbocycles. The maximum atomic E-state index is 12.3. The second-order valence-corrected chi connectivity index (χ2v) is 5.97. The number of nitrogens with one attached hydrogen (secondary N) is 1. The largest absolute Gasteiger partial charge is 0.493 e. The molecule has 30 heavy (non-hydrogen) atoms. The first-order chi connectivity index (χ1) is 14.3. The highest BCUT2D eigenvalue weighted by atomic mass is 16.6. The summed E-state index contributed by atoms with van der Waals surface area (Å²) in [5, 5.41) is 13.8. The molecular weight excluding hydrogens is 396 g/mol. The highest BCUT2D eigenvalue weighted by molar-refractivity contribution is 5.98. The molecule has 158 valence electrons. The molecule has 0 spiro atoms. The smallest absolute Gasteiger partial charge is 0.345 e. The van der Waals surface area contributed by atoms with Crippen molar-refractivity contribution in [3.05, 3.63) is 57.6 Å². The number of ether oxygens (including phenoxy) is 3. The number of esters is 1. The summed E-state index contributed by atoms with van der Waals surface area (Å²) < 4.78 is 15.3. The summed E-state index contributed by atoms with van der Waals surface area (Å²) in [7, 11) is 1.32. The first-order valence-electron chi connectivity index (χ1n) is 8.84. The second kappa shape index (κ2) is 10.0. The third kappa shape index (κ3) is 5.53. The summed E-state index contributed by atoms with van der Waals surface area (Å²) in [6, 6.07) is 8.33. The monoisotopic (exact) mass is 416 g/mol. The molecule has 0 atom stereocenters. The van der Waals surface area contributed by atoms with Gasteiger partial charge in [0.05, 0.1) is 24.7 Å². The Morgan fingerprint density at radius 1 is 1.10 bits per heavy atom. The number of hydrogen-bond acceptors (Lipinski definition) is 8. The maximum absolute atomic E-state index is 12.3. The van der Waals surface area contributed by atoms with Crippen LogP contribution in [0.4, 0.5) is 11.4 Å². The minimum atomic E-state index is -1.06. The third-order valence-corrected chi connectivity index (χ3v) is 3.91. The SMILES string of the molecule is CCOc1cc([N+](=O)[O-])c(C(=O)OCC(=O)Nc2ccc(C(C)=O)cc2)cc1OC. The van der Waals surface area contributed by atoms with E-state index in [4.69, 9.17) is 14.2 Å². The van der Waals surface area contributed by atoms with Crippen molar-refractivity contribution in [3.63, 3.8) is 0 Å². The number of anilines is 1. The van der Waals surface area contributed by atoms with E-state index in [9.17, 15) is 24.5 Å². The van der Waals surface area contributed by atoms with Crippen molar-refractivity contribution < 1.29 is 33.5 Å². The number of nitro groups is 1. The van der Waals surface area contributed by atoms with E-state index in [2.05, 4.69) is 5.32 Å². The molecule has 0 saturated carbocycles. The van der Waals surface area contributed by atoms with E-state index in [-0.39, 0.29) is 29.5 Å². The Morgan fingerprint density at radius 3 is 2.30 bits per heavy atom. The Labute approximate surface area is 171 Å². The van der Waals surface area contributed by atoms with Crippen LogP contribution in [0.1, 0.15) is 34.6 Å². The predicted octanol–water partition coefficient (Wildman–Crippen LogP) is 3.00. The Bertz CT molecular complexity index is 970. The number of carbonyl (C=O) groups excluding carboxylic acids is 3. The van der Waals surface area contributed by atoms with Gasteiger partial charge in [-0.2, -0.15) is 0 Å². The van der Waals surface area contributed by atoms with E-state index in [1.54, 1.807) is 19.1 Å². The van der Waals surface area contributed by atoms with E-state index in [0.29, 0.717) is 11.3 Å². The van der Waals surface area contributed by atoms with E-state index >= 15 is 0 Å². The van der Waals surface area contributed by atoms with Gasteiger partial charge >= 0.3 is 5.97 Å². The Kier molecular flexibility index (Phi) is 7.45. The normalized spacial score (nSPS) is 10.1. The quantitative estimate of drug-likeness (QED) is 0.285. The lowest BCUT2D eigenvalue weighted by Crippen LogP contribution is -2.21. The number of ketones is 1. The molecule has 0 aliphatic heterocycles. The first kappa shape index (κ1) is 22.3. The number of Topliss-reactive ketones (excluding diaryl/α,β-unsaturated/α-hetero) is 1. The predicted molar refractivity (Wildman–Crippen MR) is 106 cm³/mol. The topological polar surface area (TPSA) is 134 Å². The van der Waals surface area contributed by atoms with Gasteiger partial charge in [0.1, 0.15) is 5.56 Å². The van der Waals surface area contributed by atoms with Crippen LogP contribution in [0.2, 0.25) is 0 Å². The summed E-state index contributed by atoms with van der Waals surface area (Å²) in [5.74, 6) is -1.61. The van der Waals surface area contributed by atoms with Gasteiger partial charge < -0.3 is 19.5 Å². The number of carbonyl (C=O) groups is 3. The molecule has 0 radical (unpaired) electrons. The van der Waals surface area contributed by atoms with Crippen LogP contribution in [0.25, 0.3) is 0 Å². The number of nitrogens with zero attached hydrogens (tertiary/aromatic N) is 1. The van der Waals surface area contributed by atoms with E-state index in [0.717, 1.165) is 12.1 Å². The lowest BCUT2D eigenvalue weighted by molar-refractivity contribution is -0.385. The fourth-order valence-electron chi connectivity index (χ4n) is 2.49. The molecule has 0 aliphatic carbocycles. The molecular formula is C20H20N2O8. The van der Waals surface area contributed by atoms with Crippen molar-refractivity contribution >= 4 is 29.0 Å². The lowest BCUT2D eigenvalue weighted by atomic mass is 10.1. The van der Waals surface area contributed by atoms with Gasteiger partial charge in [0.15, 0.2) is 23.9 Å². The summed E-state index contributed by atoms with van der Waals surface area (Å²) in [6.45, 7) is 2.69. The van der Waals surface area contributed by atoms with E-state index in [1.807, 2.05) is 0 Å². The van der Waals surface area contributed by atoms with Crippen LogP contribution in [0, 0.1) is 10.1 Å². The van der Waals surface area contributed by atoms with Crippen LogP contribution in [-0.2, 0) is 9.53 Å². The second-order valence-electron chi connectivity index (χ2n) is 5.97. The minimum absolute atomic E-state index is 0.106. The molecule has 10 heteroatoms. The van der Waals surface area contributed by atoms with Gasteiger partial charge in [0, 0.05) is 17.3 Å². The van der Waals surface area contributed by atoms with Crippen LogP contribution in [0.3, 0.4) is 0 Å². The van der Waals surface area contributed by atoms with Gasteiger partial charge in [-0.15, -0.1) is 0 Å². The summed E-state index contributed by atoms with van der Waals surface area (Å²) in [4.78, 5) is 46.2. The lowest BCUT2D eigenvalue weighted by Gasteiger charge is -2.12. The van der Waals surface area contributed by atoms with Crippen LogP contribution >= 0.6 is 0 Å². The van der Waals surface area contributed by atoms with Crippen molar-refractivity contribution in [3.8, 4) is 11.5 Å². The van der Waals surface area contributed by atoms with Gasteiger partial charge in [0.2, 0.25) is 0 Å². The minimum Gasteiger partial charge on any atom is -0.493 e. The number of nitro benzene ring substituents is 1. The number of rotatable bonds is 9. The molecule has 2 aromatic rings. The maximum Gasteiger partial charge on any atom is 0.345 e. The fraction of sp³-hybridized carbons (Fsp3) is 0.250. The van der Waals surface area contributed by atoms with Crippen molar-refractivity contribution in [2.24, 2.45) is 0 Å². The van der Waals surface area contributed by atoms with Crippen molar-refractivity contribution in [1.82, 2.24) is 0 Å². The van der Waals surface area contributed by atoms with Gasteiger partial charge in [0.25, 0.3) is 11.6 Å². The zero-order valence-corrected chi connectivity index (χ0v) is 16.6. The molecule has 1 N–H and O–H groups in total. The Morgan fingerprint density at radius 2 is 1.77 bits per heavy atom. The molecule has 0 saturated heterocycles. The third-order valence-electron chi connectivity index (χ3n) is 3.91. The number of amides is 1. The van der Waals surface area contributed by atoms with Crippen LogP contribution in [-0.4, -0.2) is 42.9 Å². The Balaban J connectivity index is 2.10. The first-order valence-corrected chi connectivity index (χ1v) is 8.84. The molecule has 0 heterocycles. The molecule has 2 rings (SSSR count). The fourth-order valence-corrected chi connectivity index (χ4v) is 2.49. The summed E-state index contributed by atoms with van der Waals surface area (Å²) in [6.07, 6.45) is 0. The molecule has 0 aliphatic rings. The van der Waals surface area contributed by atoms with Gasteiger partial charge in [-0.05, 0) is 38.1 Å². The molecule has 1 amide bonds. The molecule has 0 unspecified atom stereocenters. The number of hydrogen-bond donors (Lipinski definition) is 1. The molecule has 10 nitrogen and oxygen atoms in total. The van der Waals surface area contributed by atoms with Gasteiger partial charge in [-0.1, -0.05) is 0 Å². The van der Waals surface area contributed by atoms with E-state index < -0.39 is 29.1 Å². The highest BCUT2D eigenvalue weighted by Crippen LogP contribution is 2.35. The van der Waals surface area contributed by atoms with Crippen molar-refractivity contribution in [2.45, 2.75) is 13.8 Å². The molecule has 0 fully saturated rings. The van der Waals surface area contributed by atoms with E-state index in [1.165, 1.54) is 26.2 Å². The standard InChI is InChI=1S/C20H20N2O8/c1-4-29-18-10-16(22(26)27)15(9-17(18)28-3)20(25)30-11-19(24)21-14-7-5-13(6-8-14)12(2)23/h5-10H,4,11H2,1-3H3,(H,21,24). The summed E-state index contributed by atoms with van der Waals surface area (Å²) >= 11 is 0. The number of methoxy groups -OCH3 is 1. The molecule has 0 aromatic heterocycles. The zero-order chi connectivity index (χ0) is 22.3. The van der Waals surface area contributed by atoms with Crippen molar-refractivity contribution in [1.29, 1.82) is 0 Å². The van der Waals surface area contributed by atoms with Gasteiger partial charge in [-0.25, -0.2) is 4.79 Å². The average molecular weight is 416 g/mol. The number of benzene rings is 2. The Hall–Kier alpha value is -3.95. The van der Waals surface area contributed by atoms with Crippen molar-refractivity contribution in [2.75, 3.05) is 25.6 Å². The highest BCUT2D eigenvalue weighted by Gasteiger charge is 2.26. The zero-order valence-electron chi connectivity index (χ0n) is 16.6. The average Bonchev–Trinajstić information content (AvgIpc) is 2.72. The van der Waals surface area contributed by atoms with Gasteiger partial charge in [-0.3, -0.25) is 19.7 Å². The van der Waals surface area contributed by atoms with Crippen LogP contribution in [0.15, 0.2) is 36.4 Å². The van der Waals surface area contributed by atoms with Crippen LogP contribution < -0.4 is 14.8 Å². The summed E-state index contributed by atoms with van der Waals surface area (Å²) in [5.41, 5.74) is -0.0330. The van der Waals surface area contributed by atoms with Crippen LogP contribution in [0.5, 0.6) is 11.5 Å².